The van der Waals surface area contributed by atoms with Crippen LogP contribution in [-0.2, 0) is 9.47 Å². The Hall–Kier alpha value is 0.500. The van der Waals surface area contributed by atoms with Crippen LogP contribution in [0.2, 0.25) is 0 Å². The Morgan fingerprint density at radius 3 is 1.38 bits per heavy atom. The maximum atomic E-state index is 5.44. The average molecular weight is 159 g/mol. The lowest BCUT2D eigenvalue weighted by Gasteiger charge is -2.11. The highest BCUT2D eigenvalue weighted by Gasteiger charge is 2.13. The number of ether oxygens (including phenoxy) is 2. The third-order valence-electron chi connectivity index (χ3n) is 0.656. The Balaban J connectivity index is 3.29. The lowest BCUT2D eigenvalue weighted by atomic mass is 10.7. The third-order valence-corrected chi connectivity index (χ3v) is 1.60. The van der Waals surface area contributed by atoms with Crippen LogP contribution in [0, 0.1) is 0 Å². The van der Waals surface area contributed by atoms with Crippen LogP contribution >= 0.6 is 23.2 Å². The zero-order valence-electron chi connectivity index (χ0n) is 4.73. The van der Waals surface area contributed by atoms with E-state index in [0.717, 1.165) is 0 Å². The Bertz CT molecular complexity index is 52.0. The quantitative estimate of drug-likeness (QED) is 0.579. The zero-order valence-corrected chi connectivity index (χ0v) is 6.24. The fourth-order valence-electron chi connectivity index (χ4n) is 0.214. The Kier molecular flexibility index (Phi) is 4.66. The van der Waals surface area contributed by atoms with Gasteiger partial charge in [-0.25, -0.2) is 0 Å². The van der Waals surface area contributed by atoms with Crippen LogP contribution in [0.25, 0.3) is 0 Å². The lowest BCUT2D eigenvalue weighted by molar-refractivity contribution is 0.0521. The second-order valence-electron chi connectivity index (χ2n) is 1.17. The molecule has 0 aliphatic carbocycles. The molecule has 0 aliphatic rings. The van der Waals surface area contributed by atoms with Crippen LogP contribution in [0.1, 0.15) is 0 Å². The number of rotatable bonds is 3. The van der Waals surface area contributed by atoms with Crippen LogP contribution in [0.3, 0.4) is 0 Å². The fourth-order valence-corrected chi connectivity index (χ4v) is 0.420. The molecule has 0 heterocycles. The van der Waals surface area contributed by atoms with Gasteiger partial charge in [0.25, 0.3) is 0 Å². The summed E-state index contributed by atoms with van der Waals surface area (Å²) in [5.41, 5.74) is -1.14. The largest absolute Gasteiger partial charge is 0.362 e. The van der Waals surface area contributed by atoms with Crippen molar-refractivity contribution in [2.75, 3.05) is 14.2 Å². The normalized spacial score (nSPS) is 18.0. The smallest absolute Gasteiger partial charge is 0.170 e. The van der Waals surface area contributed by atoms with Gasteiger partial charge in [-0.3, -0.25) is 0 Å². The summed E-state index contributed by atoms with van der Waals surface area (Å²) in [6, 6.07) is 0. The molecule has 0 radical (unpaired) electrons. The van der Waals surface area contributed by atoms with Gasteiger partial charge in [-0.1, -0.05) is 23.2 Å². The van der Waals surface area contributed by atoms with Crippen LogP contribution < -0.4 is 0 Å². The summed E-state index contributed by atoms with van der Waals surface area (Å²) in [6.45, 7) is 0. The van der Waals surface area contributed by atoms with E-state index in [1.54, 1.807) is 0 Å². The molecule has 8 heavy (non-hydrogen) atoms. The molecular weight excluding hydrogens is 151 g/mol. The maximum absolute atomic E-state index is 5.44. The molecule has 0 bridgehead atoms. The van der Waals surface area contributed by atoms with Gasteiger partial charge in [-0.15, -0.1) is 0 Å². The van der Waals surface area contributed by atoms with E-state index in [-0.39, 0.29) is 0 Å². The van der Waals surface area contributed by atoms with Gasteiger partial charge in [-0.05, 0) is 0 Å². The summed E-state index contributed by atoms with van der Waals surface area (Å²) in [5, 5.41) is 0. The predicted molar refractivity (Wildman–Crippen MR) is 33.3 cm³/mol. The maximum Gasteiger partial charge on any atom is 0.170 e. The molecule has 0 saturated heterocycles. The SMILES string of the molecule is CO[C@@H](Cl)[C@@H](Cl)OC. The minimum absolute atomic E-state index is 0.568. The molecular formula is C4H8Cl2O2. The van der Waals surface area contributed by atoms with Gasteiger partial charge in [-0.2, -0.15) is 0 Å². The molecule has 0 fully saturated rings. The molecule has 50 valence electrons. The summed E-state index contributed by atoms with van der Waals surface area (Å²) in [6.07, 6.45) is 0. The molecule has 0 N–H and O–H groups in total. The standard InChI is InChI=1S/C4H8Cl2O2/c1-7-3(5)4(6)8-2/h3-4H,1-2H3/t3-,4+. The van der Waals surface area contributed by atoms with Crippen LogP contribution in [0.15, 0.2) is 0 Å². The molecule has 0 aliphatic heterocycles. The number of alkyl halides is 2. The summed E-state index contributed by atoms with van der Waals surface area (Å²) < 4.78 is 9.22. The van der Waals surface area contributed by atoms with Gasteiger partial charge >= 0.3 is 0 Å². The molecule has 2 nitrogen and oxygen atoms in total. The van der Waals surface area contributed by atoms with E-state index >= 15 is 0 Å². The predicted octanol–water partition coefficient (Wildman–Crippen LogP) is 1.41. The summed E-state index contributed by atoms with van der Waals surface area (Å²) in [7, 11) is 2.93. The van der Waals surface area contributed by atoms with Crippen molar-refractivity contribution < 1.29 is 9.47 Å². The van der Waals surface area contributed by atoms with Crippen molar-refractivity contribution in [2.24, 2.45) is 0 Å². The number of hydrogen-bond acceptors (Lipinski definition) is 2. The molecule has 0 saturated carbocycles. The van der Waals surface area contributed by atoms with E-state index in [2.05, 4.69) is 9.47 Å². The van der Waals surface area contributed by atoms with Crippen molar-refractivity contribution in [1.29, 1.82) is 0 Å². The topological polar surface area (TPSA) is 18.5 Å². The van der Waals surface area contributed by atoms with Crippen molar-refractivity contribution in [3.63, 3.8) is 0 Å². The second-order valence-corrected chi connectivity index (χ2v) is 2.03. The summed E-state index contributed by atoms with van der Waals surface area (Å²) >= 11 is 10.9. The van der Waals surface area contributed by atoms with Crippen LogP contribution in [0.5, 0.6) is 0 Å². The van der Waals surface area contributed by atoms with Crippen LogP contribution in [-0.4, -0.2) is 25.3 Å². The van der Waals surface area contributed by atoms with Gasteiger partial charge in [0.2, 0.25) is 0 Å². The van der Waals surface area contributed by atoms with Gasteiger partial charge in [0.15, 0.2) is 11.1 Å². The minimum Gasteiger partial charge on any atom is -0.362 e. The summed E-state index contributed by atoms with van der Waals surface area (Å²) in [4.78, 5) is 0. The van der Waals surface area contributed by atoms with Gasteiger partial charge < -0.3 is 9.47 Å². The highest BCUT2D eigenvalue weighted by atomic mass is 35.5. The van der Waals surface area contributed by atoms with Crippen molar-refractivity contribution in [3.8, 4) is 0 Å². The van der Waals surface area contributed by atoms with Crippen molar-refractivity contribution in [1.82, 2.24) is 0 Å². The number of methoxy groups -OCH3 is 2. The van der Waals surface area contributed by atoms with Crippen LogP contribution in [0.4, 0.5) is 0 Å². The van der Waals surface area contributed by atoms with E-state index < -0.39 is 11.1 Å². The van der Waals surface area contributed by atoms with Crippen molar-refractivity contribution in [2.45, 2.75) is 11.1 Å². The van der Waals surface area contributed by atoms with E-state index in [9.17, 15) is 0 Å². The Morgan fingerprint density at radius 1 is 1.00 bits per heavy atom. The molecule has 4 heteroatoms. The first-order chi connectivity index (χ1) is 3.72. The monoisotopic (exact) mass is 158 g/mol. The number of halogens is 2. The molecule has 0 unspecified atom stereocenters. The Labute approximate surface area is 58.7 Å². The molecule has 0 aromatic carbocycles. The molecule has 0 amide bonds. The highest BCUT2D eigenvalue weighted by Crippen LogP contribution is 2.09. The third kappa shape index (κ3) is 2.72. The van der Waals surface area contributed by atoms with Gasteiger partial charge in [0.05, 0.1) is 0 Å². The average Bonchev–Trinajstić information content (AvgIpc) is 1.84. The van der Waals surface area contributed by atoms with Gasteiger partial charge in [0, 0.05) is 14.2 Å². The van der Waals surface area contributed by atoms with E-state index in [1.165, 1.54) is 14.2 Å². The highest BCUT2D eigenvalue weighted by molar-refractivity contribution is 6.28. The van der Waals surface area contributed by atoms with E-state index in [4.69, 9.17) is 23.2 Å². The first-order valence-electron chi connectivity index (χ1n) is 2.06. The van der Waals surface area contributed by atoms with E-state index in [1.807, 2.05) is 0 Å². The molecule has 0 aromatic heterocycles. The van der Waals surface area contributed by atoms with Gasteiger partial charge in [0.1, 0.15) is 0 Å². The lowest BCUT2D eigenvalue weighted by Crippen LogP contribution is -2.18. The van der Waals surface area contributed by atoms with Crippen molar-refractivity contribution >= 4 is 23.2 Å². The molecule has 0 spiro atoms. The molecule has 2 atom stereocenters. The minimum atomic E-state index is -0.568. The zero-order chi connectivity index (χ0) is 6.57. The molecule has 0 rings (SSSR count). The number of hydrogen-bond donors (Lipinski definition) is 0. The fraction of sp³-hybridized carbons (Fsp3) is 1.00. The Morgan fingerprint density at radius 2 is 1.25 bits per heavy atom. The summed E-state index contributed by atoms with van der Waals surface area (Å²) in [5.74, 6) is 0. The first-order valence-corrected chi connectivity index (χ1v) is 2.93. The molecule has 0 aromatic rings. The van der Waals surface area contributed by atoms with Crippen molar-refractivity contribution in [3.05, 3.63) is 0 Å². The van der Waals surface area contributed by atoms with E-state index in [0.29, 0.717) is 0 Å². The second kappa shape index (κ2) is 4.39. The first kappa shape index (κ1) is 8.50.